The van der Waals surface area contributed by atoms with Crippen LogP contribution >= 0.6 is 0 Å². The van der Waals surface area contributed by atoms with E-state index < -0.39 is 5.54 Å². The lowest BCUT2D eigenvalue weighted by molar-refractivity contribution is -0.153. The predicted octanol–water partition coefficient (Wildman–Crippen LogP) is 2.76. The van der Waals surface area contributed by atoms with Gasteiger partial charge in [-0.1, -0.05) is 20.8 Å². The second kappa shape index (κ2) is 7.41. The van der Waals surface area contributed by atoms with Gasteiger partial charge in [0.2, 0.25) is 0 Å². The van der Waals surface area contributed by atoms with Gasteiger partial charge in [-0.2, -0.15) is 0 Å². The van der Waals surface area contributed by atoms with Gasteiger partial charge in [0.1, 0.15) is 5.54 Å². The first kappa shape index (κ1) is 17.4. The summed E-state index contributed by atoms with van der Waals surface area (Å²) in [5.41, 5.74) is -0.191. The Morgan fingerprint density at radius 2 is 1.90 bits per heavy atom. The van der Waals surface area contributed by atoms with Crippen molar-refractivity contribution in [1.29, 1.82) is 0 Å². The number of esters is 1. The molecule has 1 rings (SSSR count). The highest BCUT2D eigenvalue weighted by Crippen LogP contribution is 2.41. The van der Waals surface area contributed by atoms with Crippen molar-refractivity contribution >= 4 is 5.97 Å². The molecule has 20 heavy (non-hydrogen) atoms. The molecule has 0 aromatic carbocycles. The van der Waals surface area contributed by atoms with Gasteiger partial charge in [-0.3, -0.25) is 10.1 Å². The molecule has 0 aliphatic heterocycles. The van der Waals surface area contributed by atoms with Crippen LogP contribution in [0.15, 0.2) is 0 Å². The molecule has 0 radical (unpaired) electrons. The Morgan fingerprint density at radius 3 is 2.35 bits per heavy atom. The molecule has 1 aliphatic carbocycles. The van der Waals surface area contributed by atoms with Gasteiger partial charge in [-0.25, -0.2) is 0 Å². The molecule has 0 aromatic heterocycles. The zero-order chi connectivity index (χ0) is 15.2. The standard InChI is InChI=1S/C16H31NO3/c1-6-20-14(18)16(17-11-12-19-5)9-7-13(8-10-16)15(2,3)4/h13,17H,6-12H2,1-5H3. The highest BCUT2D eigenvalue weighted by atomic mass is 16.5. The van der Waals surface area contributed by atoms with Crippen molar-refractivity contribution in [1.82, 2.24) is 5.32 Å². The fourth-order valence-corrected chi connectivity index (χ4v) is 3.09. The third-order valence-electron chi connectivity index (χ3n) is 4.50. The molecule has 0 heterocycles. The molecule has 118 valence electrons. The zero-order valence-electron chi connectivity index (χ0n) is 13.8. The Morgan fingerprint density at radius 1 is 1.30 bits per heavy atom. The summed E-state index contributed by atoms with van der Waals surface area (Å²) in [4.78, 5) is 12.3. The van der Waals surface area contributed by atoms with Crippen LogP contribution in [0.3, 0.4) is 0 Å². The number of rotatable bonds is 6. The van der Waals surface area contributed by atoms with Crippen molar-refractivity contribution < 1.29 is 14.3 Å². The molecular formula is C16H31NO3. The van der Waals surface area contributed by atoms with Gasteiger partial charge in [0.25, 0.3) is 0 Å². The molecule has 0 amide bonds. The summed E-state index contributed by atoms with van der Waals surface area (Å²) in [5, 5.41) is 3.39. The van der Waals surface area contributed by atoms with E-state index >= 15 is 0 Å². The Balaban J connectivity index is 2.69. The summed E-state index contributed by atoms with van der Waals surface area (Å²) in [5.74, 6) is 0.581. The third kappa shape index (κ3) is 4.45. The second-order valence-electron chi connectivity index (χ2n) is 6.86. The summed E-state index contributed by atoms with van der Waals surface area (Å²) < 4.78 is 10.4. The molecular weight excluding hydrogens is 254 g/mol. The van der Waals surface area contributed by atoms with Crippen molar-refractivity contribution in [3.8, 4) is 0 Å². The van der Waals surface area contributed by atoms with Crippen molar-refractivity contribution in [3.63, 3.8) is 0 Å². The smallest absolute Gasteiger partial charge is 0.326 e. The maximum atomic E-state index is 12.3. The predicted molar refractivity (Wildman–Crippen MR) is 80.7 cm³/mol. The van der Waals surface area contributed by atoms with Gasteiger partial charge in [0.15, 0.2) is 0 Å². The van der Waals surface area contributed by atoms with E-state index in [0.29, 0.717) is 31.1 Å². The van der Waals surface area contributed by atoms with Crippen LogP contribution in [-0.4, -0.2) is 38.4 Å². The van der Waals surface area contributed by atoms with Crippen molar-refractivity contribution in [2.45, 2.75) is 58.9 Å². The summed E-state index contributed by atoms with van der Waals surface area (Å²) in [6, 6.07) is 0. The van der Waals surface area contributed by atoms with Gasteiger partial charge >= 0.3 is 5.97 Å². The molecule has 1 aliphatic rings. The lowest BCUT2D eigenvalue weighted by atomic mass is 9.67. The zero-order valence-corrected chi connectivity index (χ0v) is 13.8. The van der Waals surface area contributed by atoms with Crippen molar-refractivity contribution in [2.75, 3.05) is 26.9 Å². The molecule has 0 aromatic rings. The fraction of sp³-hybridized carbons (Fsp3) is 0.938. The first-order valence-electron chi connectivity index (χ1n) is 7.77. The molecule has 0 spiro atoms. The Hall–Kier alpha value is -0.610. The van der Waals surface area contributed by atoms with E-state index in [1.54, 1.807) is 7.11 Å². The topological polar surface area (TPSA) is 47.6 Å². The number of hydrogen-bond donors (Lipinski definition) is 1. The fourth-order valence-electron chi connectivity index (χ4n) is 3.09. The average Bonchev–Trinajstić information content (AvgIpc) is 2.39. The molecule has 4 heteroatoms. The molecule has 0 saturated heterocycles. The van der Waals surface area contributed by atoms with Crippen LogP contribution in [0.25, 0.3) is 0 Å². The van der Waals surface area contributed by atoms with E-state index in [0.717, 1.165) is 25.7 Å². The maximum absolute atomic E-state index is 12.3. The van der Waals surface area contributed by atoms with E-state index in [-0.39, 0.29) is 5.97 Å². The van der Waals surface area contributed by atoms with Gasteiger partial charge in [-0.05, 0) is 43.9 Å². The van der Waals surface area contributed by atoms with E-state index in [9.17, 15) is 4.79 Å². The Kier molecular flexibility index (Phi) is 6.46. The van der Waals surface area contributed by atoms with Crippen molar-refractivity contribution in [3.05, 3.63) is 0 Å². The van der Waals surface area contributed by atoms with Crippen LogP contribution < -0.4 is 5.32 Å². The van der Waals surface area contributed by atoms with Gasteiger partial charge < -0.3 is 9.47 Å². The third-order valence-corrected chi connectivity index (χ3v) is 4.50. The minimum atomic E-state index is -0.504. The SMILES string of the molecule is CCOC(=O)C1(NCCOC)CCC(C(C)(C)C)CC1. The lowest BCUT2D eigenvalue weighted by Crippen LogP contribution is -2.56. The van der Waals surface area contributed by atoms with E-state index in [4.69, 9.17) is 9.47 Å². The van der Waals surface area contributed by atoms with Gasteiger partial charge in [0, 0.05) is 13.7 Å². The first-order valence-corrected chi connectivity index (χ1v) is 7.77. The van der Waals surface area contributed by atoms with Gasteiger partial charge in [-0.15, -0.1) is 0 Å². The molecule has 1 fully saturated rings. The lowest BCUT2D eigenvalue weighted by Gasteiger charge is -2.43. The highest BCUT2D eigenvalue weighted by molar-refractivity contribution is 5.81. The highest BCUT2D eigenvalue weighted by Gasteiger charge is 2.44. The summed E-state index contributed by atoms with van der Waals surface area (Å²) >= 11 is 0. The minimum Gasteiger partial charge on any atom is -0.465 e. The number of carbonyl (C=O) groups excluding carboxylic acids is 1. The molecule has 0 bridgehead atoms. The van der Waals surface area contributed by atoms with E-state index in [2.05, 4.69) is 26.1 Å². The second-order valence-corrected chi connectivity index (χ2v) is 6.86. The number of nitrogens with one attached hydrogen (secondary N) is 1. The van der Waals surface area contributed by atoms with Crippen LogP contribution in [0.2, 0.25) is 0 Å². The molecule has 1 N–H and O–H groups in total. The van der Waals surface area contributed by atoms with Crippen LogP contribution in [0.1, 0.15) is 53.4 Å². The number of ether oxygens (including phenoxy) is 2. The average molecular weight is 285 g/mol. The van der Waals surface area contributed by atoms with Crippen LogP contribution in [-0.2, 0) is 14.3 Å². The largest absolute Gasteiger partial charge is 0.465 e. The number of carbonyl (C=O) groups is 1. The van der Waals surface area contributed by atoms with Crippen molar-refractivity contribution in [2.24, 2.45) is 11.3 Å². The van der Waals surface area contributed by atoms with Crippen LogP contribution in [0, 0.1) is 11.3 Å². The normalized spacial score (nSPS) is 27.4. The molecule has 4 nitrogen and oxygen atoms in total. The molecule has 0 unspecified atom stereocenters. The summed E-state index contributed by atoms with van der Waals surface area (Å²) in [6.45, 7) is 10.5. The van der Waals surface area contributed by atoms with E-state index in [1.807, 2.05) is 6.92 Å². The Labute approximate surface area is 123 Å². The van der Waals surface area contributed by atoms with Crippen LogP contribution in [0.5, 0.6) is 0 Å². The maximum Gasteiger partial charge on any atom is 0.326 e. The number of methoxy groups -OCH3 is 1. The Bertz CT molecular complexity index is 301. The first-order chi connectivity index (χ1) is 9.35. The van der Waals surface area contributed by atoms with Gasteiger partial charge in [0.05, 0.1) is 13.2 Å². The monoisotopic (exact) mass is 285 g/mol. The quantitative estimate of drug-likeness (QED) is 0.602. The van der Waals surface area contributed by atoms with E-state index in [1.165, 1.54) is 0 Å². The number of hydrogen-bond acceptors (Lipinski definition) is 4. The molecule has 0 atom stereocenters. The minimum absolute atomic E-state index is 0.0940. The summed E-state index contributed by atoms with van der Waals surface area (Å²) in [6.07, 6.45) is 3.86. The van der Waals surface area contributed by atoms with Crippen LogP contribution in [0.4, 0.5) is 0 Å². The molecule has 1 saturated carbocycles. The summed E-state index contributed by atoms with van der Waals surface area (Å²) in [7, 11) is 1.68.